The van der Waals surface area contributed by atoms with Crippen molar-refractivity contribution >= 4 is 23.6 Å². The Morgan fingerprint density at radius 2 is 1.68 bits per heavy atom. The first kappa shape index (κ1) is 30.6. The normalized spacial score (nSPS) is 18.4. The molecule has 0 radical (unpaired) electrons. The second kappa shape index (κ2) is 14.0. The van der Waals surface area contributed by atoms with Gasteiger partial charge in [-0.3, -0.25) is 14.5 Å². The van der Waals surface area contributed by atoms with Gasteiger partial charge in [0.05, 0.1) is 0 Å². The van der Waals surface area contributed by atoms with E-state index in [1.165, 1.54) is 18.2 Å². The number of hydrogen-bond acceptors (Lipinski definition) is 6. The van der Waals surface area contributed by atoms with Gasteiger partial charge in [-0.15, -0.1) is 0 Å². The zero-order valence-corrected chi connectivity index (χ0v) is 24.7. The van der Waals surface area contributed by atoms with Gasteiger partial charge in [0.1, 0.15) is 17.7 Å². The number of benzene rings is 2. The molecule has 1 aromatic heterocycles. The van der Waals surface area contributed by atoms with Crippen LogP contribution in [-0.4, -0.2) is 68.8 Å². The third-order valence-corrected chi connectivity index (χ3v) is 8.03. The lowest BCUT2D eigenvalue weighted by atomic mass is 9.96. The highest BCUT2D eigenvalue weighted by Crippen LogP contribution is 2.33. The monoisotopic (exact) mass is 581 g/mol. The van der Waals surface area contributed by atoms with Gasteiger partial charge in [0.25, 0.3) is 0 Å². The van der Waals surface area contributed by atoms with Crippen molar-refractivity contribution in [3.05, 3.63) is 83.7 Å². The van der Waals surface area contributed by atoms with Gasteiger partial charge in [-0.1, -0.05) is 44.2 Å². The Morgan fingerprint density at radius 3 is 2.29 bits per heavy atom. The molecule has 0 saturated carbocycles. The van der Waals surface area contributed by atoms with Gasteiger partial charge in [-0.2, -0.15) is 11.8 Å². The molecule has 1 N–H and O–H groups in total. The first-order valence-corrected chi connectivity index (χ1v) is 15.2. The average Bonchev–Trinajstić information content (AvgIpc) is 2.97. The number of carbonyl (C=O) groups excluding carboxylic acids is 2. The first-order chi connectivity index (χ1) is 19.7. The second-order valence-electron chi connectivity index (χ2n) is 10.6. The Bertz CT molecular complexity index is 1310. The van der Waals surface area contributed by atoms with E-state index >= 15 is 0 Å². The number of nitrogens with one attached hydrogen (secondary N) is 1. The first-order valence-electron chi connectivity index (χ1n) is 13.8. The summed E-state index contributed by atoms with van der Waals surface area (Å²) in [5.74, 6) is -0.623. The molecule has 3 atom stereocenters. The largest absolute Gasteiger partial charge is 0.350 e. The van der Waals surface area contributed by atoms with Crippen LogP contribution in [0.15, 0.2) is 60.9 Å². The molecule has 1 saturated heterocycles. The molecule has 2 heterocycles. The van der Waals surface area contributed by atoms with Crippen LogP contribution < -0.4 is 5.32 Å². The second-order valence-corrected chi connectivity index (χ2v) is 11.6. The molecule has 0 unspecified atom stereocenters. The van der Waals surface area contributed by atoms with E-state index in [-0.39, 0.29) is 42.4 Å². The van der Waals surface area contributed by atoms with Crippen molar-refractivity contribution in [2.45, 2.75) is 51.9 Å². The van der Waals surface area contributed by atoms with E-state index in [1.54, 1.807) is 35.1 Å². The summed E-state index contributed by atoms with van der Waals surface area (Å²) in [4.78, 5) is 39.1. The van der Waals surface area contributed by atoms with Crippen LogP contribution in [0.1, 0.15) is 44.4 Å². The maximum absolute atomic E-state index is 15.0. The Balaban J connectivity index is 1.56. The molecule has 41 heavy (non-hydrogen) atoms. The third-order valence-electron chi connectivity index (χ3n) is 7.38. The summed E-state index contributed by atoms with van der Waals surface area (Å²) in [6.07, 6.45) is 5.82. The quantitative estimate of drug-likeness (QED) is 0.360. The van der Waals surface area contributed by atoms with E-state index in [0.29, 0.717) is 24.5 Å². The maximum atomic E-state index is 15.0. The van der Waals surface area contributed by atoms with Crippen molar-refractivity contribution in [1.29, 1.82) is 0 Å². The zero-order chi connectivity index (χ0) is 29.5. The minimum Gasteiger partial charge on any atom is -0.350 e. The van der Waals surface area contributed by atoms with Gasteiger partial charge in [-0.25, -0.2) is 18.7 Å². The summed E-state index contributed by atoms with van der Waals surface area (Å²) in [6.45, 7) is 6.35. The summed E-state index contributed by atoms with van der Waals surface area (Å²) < 4.78 is 29.9. The fourth-order valence-electron chi connectivity index (χ4n) is 5.35. The minimum atomic E-state index is -0.808. The lowest BCUT2D eigenvalue weighted by Crippen LogP contribution is -2.65. The molecule has 3 aromatic rings. The van der Waals surface area contributed by atoms with Gasteiger partial charge >= 0.3 is 0 Å². The van der Waals surface area contributed by atoms with Crippen LogP contribution in [0.4, 0.5) is 8.78 Å². The molecule has 7 nitrogen and oxygen atoms in total. The molecular weight excluding hydrogens is 544 g/mol. The predicted octanol–water partition coefficient (Wildman–Crippen LogP) is 5.09. The van der Waals surface area contributed by atoms with Crippen LogP contribution in [-0.2, 0) is 16.1 Å². The fourth-order valence-corrected chi connectivity index (χ4v) is 5.81. The standard InChI is InChI=1S/C31H37F2N5O2S/c1-20(2)31(40)38-21(3)18-37(26(13-16-41-4)28-24(32)7-5-8-25(28)33)19-27(38)30(39)36-17-22-9-11-23(12-10-22)29-34-14-6-15-35-29/h5-12,14-15,20-21,26-27H,13,16-19H2,1-4H3,(H,36,39)/t21-,26-,27-/m1/s1. The van der Waals surface area contributed by atoms with Gasteiger partial charge in [0.15, 0.2) is 5.82 Å². The van der Waals surface area contributed by atoms with E-state index < -0.39 is 23.7 Å². The number of nitrogens with zero attached hydrogens (tertiary/aromatic N) is 4. The molecule has 2 aromatic carbocycles. The van der Waals surface area contributed by atoms with Crippen molar-refractivity contribution in [3.8, 4) is 11.4 Å². The lowest BCUT2D eigenvalue weighted by molar-refractivity contribution is -0.151. The third kappa shape index (κ3) is 7.29. The molecule has 10 heteroatoms. The summed E-state index contributed by atoms with van der Waals surface area (Å²) in [5.41, 5.74) is 1.76. The van der Waals surface area contributed by atoms with Crippen LogP contribution >= 0.6 is 11.8 Å². The number of amides is 2. The number of carbonyl (C=O) groups is 2. The van der Waals surface area contributed by atoms with Crippen LogP contribution in [0, 0.1) is 17.6 Å². The summed E-state index contributed by atoms with van der Waals surface area (Å²) in [6, 6.07) is 11.6. The van der Waals surface area contributed by atoms with Crippen molar-refractivity contribution in [2.24, 2.45) is 5.92 Å². The summed E-state index contributed by atoms with van der Waals surface area (Å²) in [5, 5.41) is 2.99. The topological polar surface area (TPSA) is 78.4 Å². The van der Waals surface area contributed by atoms with E-state index in [2.05, 4.69) is 15.3 Å². The Labute approximate surface area is 244 Å². The van der Waals surface area contributed by atoms with Crippen molar-refractivity contribution in [2.75, 3.05) is 25.1 Å². The predicted molar refractivity (Wildman–Crippen MR) is 158 cm³/mol. The molecule has 4 rings (SSSR count). The number of aromatic nitrogens is 2. The van der Waals surface area contributed by atoms with Gasteiger partial charge < -0.3 is 10.2 Å². The molecule has 1 aliphatic heterocycles. The SMILES string of the molecule is CSCC[C@H](c1c(F)cccc1F)N1C[C@@H](C)N(C(=O)C(C)C)[C@@H](C(=O)NCc2ccc(-c3ncccn3)cc2)C1. The van der Waals surface area contributed by atoms with E-state index in [4.69, 9.17) is 0 Å². The number of thioether (sulfide) groups is 1. The fraction of sp³-hybridized carbons (Fsp3) is 0.419. The highest BCUT2D eigenvalue weighted by atomic mass is 32.2. The highest BCUT2D eigenvalue weighted by molar-refractivity contribution is 7.98. The number of piperazine rings is 1. The Hall–Kier alpha value is -3.37. The number of rotatable bonds is 10. The average molecular weight is 582 g/mol. The summed E-state index contributed by atoms with van der Waals surface area (Å²) in [7, 11) is 0. The minimum absolute atomic E-state index is 0.0130. The molecule has 0 bridgehead atoms. The van der Waals surface area contributed by atoms with Gasteiger partial charge in [0.2, 0.25) is 11.8 Å². The van der Waals surface area contributed by atoms with Crippen LogP contribution in [0.25, 0.3) is 11.4 Å². The van der Waals surface area contributed by atoms with Crippen molar-refractivity contribution < 1.29 is 18.4 Å². The Kier molecular flexibility index (Phi) is 10.4. The number of halogens is 2. The van der Waals surface area contributed by atoms with Crippen LogP contribution in [0.3, 0.4) is 0 Å². The van der Waals surface area contributed by atoms with Crippen molar-refractivity contribution in [1.82, 2.24) is 25.1 Å². The molecule has 0 spiro atoms. The van der Waals surface area contributed by atoms with E-state index in [9.17, 15) is 18.4 Å². The van der Waals surface area contributed by atoms with Crippen LogP contribution in [0.5, 0.6) is 0 Å². The van der Waals surface area contributed by atoms with Crippen molar-refractivity contribution in [3.63, 3.8) is 0 Å². The zero-order valence-electron chi connectivity index (χ0n) is 23.9. The molecule has 1 aliphatic rings. The highest BCUT2D eigenvalue weighted by Gasteiger charge is 2.42. The summed E-state index contributed by atoms with van der Waals surface area (Å²) >= 11 is 1.60. The lowest BCUT2D eigenvalue weighted by Gasteiger charge is -2.48. The molecule has 0 aliphatic carbocycles. The molecule has 218 valence electrons. The van der Waals surface area contributed by atoms with E-state index in [1.807, 2.05) is 56.2 Å². The molecule has 2 amide bonds. The van der Waals surface area contributed by atoms with E-state index in [0.717, 1.165) is 11.1 Å². The maximum Gasteiger partial charge on any atom is 0.244 e. The molecular formula is C31H37F2N5O2S. The molecule has 1 fully saturated rings. The number of hydrogen-bond donors (Lipinski definition) is 1. The smallest absolute Gasteiger partial charge is 0.244 e. The Morgan fingerprint density at radius 1 is 1.02 bits per heavy atom. The van der Waals surface area contributed by atoms with Gasteiger partial charge in [0, 0.05) is 61.2 Å². The van der Waals surface area contributed by atoms with Crippen LogP contribution in [0.2, 0.25) is 0 Å². The van der Waals surface area contributed by atoms with Gasteiger partial charge in [-0.05, 0) is 49.1 Å².